The van der Waals surface area contributed by atoms with Crippen LogP contribution in [0.2, 0.25) is 0 Å². The van der Waals surface area contributed by atoms with E-state index in [-0.39, 0.29) is 11.4 Å². The standard InChI is InChI=1S/C22H15F6N3O9/c23-12-5-11(37-20(24)25)7-16(17(12)19(33)31-9-1-3-13(18(29)32)30-8-9)38-14-4-2-10(39-21(26,27)28)6-15(14)40-22(34,35)36/h1-8,20,34-36H,(H2,29,32)(H,31,33). The number of aromatic nitrogens is 1. The lowest BCUT2D eigenvalue weighted by Crippen LogP contribution is -2.34. The number of halogens is 6. The molecule has 0 saturated heterocycles. The van der Waals surface area contributed by atoms with Gasteiger partial charge in [0.2, 0.25) is 0 Å². The summed E-state index contributed by atoms with van der Waals surface area (Å²) >= 11 is 0. The van der Waals surface area contributed by atoms with Crippen LogP contribution in [-0.2, 0) is 0 Å². The zero-order valence-electron chi connectivity index (χ0n) is 19.3. The van der Waals surface area contributed by atoms with Gasteiger partial charge in [0.25, 0.3) is 11.8 Å². The second-order valence-corrected chi connectivity index (χ2v) is 7.34. The quantitative estimate of drug-likeness (QED) is 0.177. The third kappa shape index (κ3) is 8.35. The third-order valence-electron chi connectivity index (χ3n) is 4.37. The van der Waals surface area contributed by atoms with Gasteiger partial charge in [-0.3, -0.25) is 9.59 Å². The summed E-state index contributed by atoms with van der Waals surface area (Å²) in [6.45, 7) is -3.46. The number of anilines is 1. The number of nitrogens with two attached hydrogens (primary N) is 1. The van der Waals surface area contributed by atoms with E-state index in [1.165, 1.54) is 0 Å². The second-order valence-electron chi connectivity index (χ2n) is 7.34. The minimum absolute atomic E-state index is 0.100. The van der Waals surface area contributed by atoms with E-state index < -0.39 is 71.1 Å². The zero-order chi connectivity index (χ0) is 29.8. The van der Waals surface area contributed by atoms with Crippen LogP contribution in [0.25, 0.3) is 0 Å². The van der Waals surface area contributed by atoms with Crippen LogP contribution in [0.15, 0.2) is 48.7 Å². The van der Waals surface area contributed by atoms with Crippen molar-refractivity contribution in [2.24, 2.45) is 5.73 Å². The van der Waals surface area contributed by atoms with Crippen molar-refractivity contribution in [2.75, 3.05) is 5.32 Å². The molecular formula is C22H15F6N3O9. The fourth-order valence-corrected chi connectivity index (χ4v) is 2.95. The van der Waals surface area contributed by atoms with E-state index in [4.69, 9.17) is 25.8 Å². The van der Waals surface area contributed by atoms with Crippen LogP contribution >= 0.6 is 0 Å². The Balaban J connectivity index is 2.06. The Hall–Kier alpha value is -4.81. The lowest BCUT2D eigenvalue weighted by molar-refractivity contribution is -0.419. The summed E-state index contributed by atoms with van der Waals surface area (Å²) in [7, 11) is 0. The number of ether oxygens (including phenoxy) is 4. The van der Waals surface area contributed by atoms with E-state index in [1.54, 1.807) is 0 Å². The number of alkyl halides is 5. The third-order valence-corrected chi connectivity index (χ3v) is 4.37. The van der Waals surface area contributed by atoms with Gasteiger partial charge in [0.05, 0.1) is 11.9 Å². The lowest BCUT2D eigenvalue weighted by Gasteiger charge is -2.20. The van der Waals surface area contributed by atoms with Crippen molar-refractivity contribution >= 4 is 17.5 Å². The van der Waals surface area contributed by atoms with Crippen molar-refractivity contribution in [2.45, 2.75) is 19.1 Å². The molecule has 3 rings (SSSR count). The first-order valence-electron chi connectivity index (χ1n) is 10.3. The number of pyridine rings is 1. The number of hydrogen-bond acceptors (Lipinski definition) is 10. The molecule has 18 heteroatoms. The Kier molecular flexibility index (Phi) is 8.56. The SMILES string of the molecule is NC(=O)c1ccc(NC(=O)c2c(F)cc(OC(F)F)cc2Oc2ccc(OC(F)(F)F)cc2OC(O)(O)O)cn1. The number of nitrogens with one attached hydrogen (secondary N) is 1. The molecule has 2 amide bonds. The average molecular weight is 579 g/mol. The molecule has 40 heavy (non-hydrogen) atoms. The highest BCUT2D eigenvalue weighted by Gasteiger charge is 2.33. The maximum atomic E-state index is 15.0. The van der Waals surface area contributed by atoms with E-state index in [9.17, 15) is 35.9 Å². The number of rotatable bonds is 10. The average Bonchev–Trinajstić information content (AvgIpc) is 2.78. The summed E-state index contributed by atoms with van der Waals surface area (Å²) in [4.78, 5) is 27.7. The van der Waals surface area contributed by atoms with E-state index in [0.29, 0.717) is 30.3 Å². The fraction of sp³-hybridized carbons (Fsp3) is 0.136. The van der Waals surface area contributed by atoms with Gasteiger partial charge in [-0.25, -0.2) is 9.37 Å². The van der Waals surface area contributed by atoms with Crippen molar-refractivity contribution in [3.63, 3.8) is 0 Å². The Bertz CT molecular complexity index is 1400. The van der Waals surface area contributed by atoms with Crippen LogP contribution in [0.1, 0.15) is 20.8 Å². The van der Waals surface area contributed by atoms with Crippen LogP contribution in [0.4, 0.5) is 32.0 Å². The highest BCUT2D eigenvalue weighted by Crippen LogP contribution is 2.40. The molecule has 0 saturated carbocycles. The summed E-state index contributed by atoms with van der Waals surface area (Å²) in [6, 6.07) is 4.88. The van der Waals surface area contributed by atoms with Crippen molar-refractivity contribution < 1.29 is 70.2 Å². The van der Waals surface area contributed by atoms with Gasteiger partial charge in [-0.15, -0.1) is 13.2 Å². The van der Waals surface area contributed by atoms with Gasteiger partial charge in [0, 0.05) is 18.2 Å². The van der Waals surface area contributed by atoms with Crippen LogP contribution in [0, 0.1) is 5.82 Å². The van der Waals surface area contributed by atoms with E-state index in [2.05, 4.69) is 24.5 Å². The minimum atomic E-state index is -5.21. The predicted octanol–water partition coefficient (Wildman–Crippen LogP) is 2.83. The normalized spacial score (nSPS) is 11.7. The topological polar surface area (TPSA) is 183 Å². The molecule has 0 aliphatic rings. The van der Waals surface area contributed by atoms with Gasteiger partial charge in [-0.05, 0) is 24.3 Å². The molecule has 0 fully saturated rings. The molecule has 0 atom stereocenters. The molecule has 0 bridgehead atoms. The monoisotopic (exact) mass is 579 g/mol. The van der Waals surface area contributed by atoms with E-state index in [0.717, 1.165) is 18.3 Å². The van der Waals surface area contributed by atoms with Crippen molar-refractivity contribution in [1.82, 2.24) is 4.98 Å². The fourth-order valence-electron chi connectivity index (χ4n) is 2.95. The first-order valence-corrected chi connectivity index (χ1v) is 10.3. The molecule has 0 spiro atoms. The van der Waals surface area contributed by atoms with Gasteiger partial charge in [0.15, 0.2) is 11.5 Å². The largest absolute Gasteiger partial charge is 0.573 e. The zero-order valence-corrected chi connectivity index (χ0v) is 19.3. The molecule has 0 radical (unpaired) electrons. The Labute approximate surface area is 218 Å². The van der Waals surface area contributed by atoms with Crippen molar-refractivity contribution in [3.8, 4) is 28.7 Å². The summed E-state index contributed by atoms with van der Waals surface area (Å²) in [5.41, 5.74) is 3.80. The Morgan fingerprint density at radius 2 is 1.60 bits per heavy atom. The summed E-state index contributed by atoms with van der Waals surface area (Å²) in [5.74, 6) is -8.31. The number of nitrogens with zero attached hydrogens (tertiary/aromatic N) is 1. The Morgan fingerprint density at radius 3 is 2.15 bits per heavy atom. The first-order chi connectivity index (χ1) is 18.5. The molecule has 0 unspecified atom stereocenters. The molecule has 214 valence electrons. The summed E-state index contributed by atoms with van der Waals surface area (Å²) < 4.78 is 95.7. The lowest BCUT2D eigenvalue weighted by atomic mass is 10.1. The van der Waals surface area contributed by atoms with Crippen LogP contribution < -0.4 is 30.0 Å². The van der Waals surface area contributed by atoms with Gasteiger partial charge in [-0.1, -0.05) is 0 Å². The predicted molar refractivity (Wildman–Crippen MR) is 117 cm³/mol. The summed E-state index contributed by atoms with van der Waals surface area (Å²) in [5, 5.41) is 29.6. The molecule has 3 aromatic rings. The molecule has 0 aliphatic carbocycles. The number of primary amides is 1. The number of carbonyl (C=O) groups excluding carboxylic acids is 2. The molecule has 0 aliphatic heterocycles. The molecule has 12 nitrogen and oxygen atoms in total. The van der Waals surface area contributed by atoms with E-state index in [1.807, 2.05) is 0 Å². The minimum Gasteiger partial charge on any atom is -0.452 e. The van der Waals surface area contributed by atoms with Gasteiger partial charge < -0.3 is 45.3 Å². The first kappa shape index (κ1) is 29.7. The molecule has 1 aromatic heterocycles. The molecule has 6 N–H and O–H groups in total. The Morgan fingerprint density at radius 1 is 0.925 bits per heavy atom. The van der Waals surface area contributed by atoms with Gasteiger partial charge in [0.1, 0.15) is 34.3 Å². The van der Waals surface area contributed by atoms with Crippen molar-refractivity contribution in [1.29, 1.82) is 0 Å². The maximum absolute atomic E-state index is 15.0. The maximum Gasteiger partial charge on any atom is 0.573 e. The smallest absolute Gasteiger partial charge is 0.452 e. The number of amides is 2. The number of benzene rings is 2. The van der Waals surface area contributed by atoms with Crippen molar-refractivity contribution in [3.05, 3.63) is 65.7 Å². The number of carbonyl (C=O) groups is 2. The van der Waals surface area contributed by atoms with Gasteiger partial charge in [-0.2, -0.15) is 8.78 Å². The highest BCUT2D eigenvalue weighted by molar-refractivity contribution is 6.06. The van der Waals surface area contributed by atoms with E-state index >= 15 is 0 Å². The highest BCUT2D eigenvalue weighted by atomic mass is 19.4. The number of aliphatic hydroxyl groups is 3. The molecule has 2 aromatic carbocycles. The van der Waals surface area contributed by atoms with Crippen LogP contribution in [0.3, 0.4) is 0 Å². The number of hydrogen-bond donors (Lipinski definition) is 5. The van der Waals surface area contributed by atoms with Crippen LogP contribution in [0.5, 0.6) is 28.7 Å². The van der Waals surface area contributed by atoms with Gasteiger partial charge >= 0.3 is 19.1 Å². The van der Waals surface area contributed by atoms with Crippen LogP contribution in [-0.4, -0.2) is 51.3 Å². The summed E-state index contributed by atoms with van der Waals surface area (Å²) in [6.07, 6.45) is -8.22. The molecular weight excluding hydrogens is 564 g/mol. The molecule has 1 heterocycles. The second kappa shape index (κ2) is 11.5.